The molecule has 2 nitrogen and oxygen atoms in total. The first-order chi connectivity index (χ1) is 9.94. The summed E-state index contributed by atoms with van der Waals surface area (Å²) in [6.45, 7) is 9.79. The summed E-state index contributed by atoms with van der Waals surface area (Å²) in [4.78, 5) is 0. The third kappa shape index (κ3) is 3.82. The maximum absolute atomic E-state index is 11.2. The zero-order valence-corrected chi connectivity index (χ0v) is 14.7. The van der Waals surface area contributed by atoms with E-state index in [9.17, 15) is 5.11 Å². The summed E-state index contributed by atoms with van der Waals surface area (Å²) in [7, 11) is 0. The lowest BCUT2D eigenvalue weighted by atomic mass is 9.63. The maximum Gasteiger partial charge on any atom is 0.0943 e. The van der Waals surface area contributed by atoms with Crippen LogP contribution in [-0.2, 0) is 4.74 Å². The minimum absolute atomic E-state index is 0.264. The molecule has 0 aromatic carbocycles. The summed E-state index contributed by atoms with van der Waals surface area (Å²) in [6, 6.07) is 0. The van der Waals surface area contributed by atoms with Crippen LogP contribution in [0.4, 0.5) is 0 Å². The van der Waals surface area contributed by atoms with Crippen LogP contribution >= 0.6 is 0 Å². The molecular formula is C19H36O2. The molecule has 0 aliphatic heterocycles. The molecule has 21 heavy (non-hydrogen) atoms. The first kappa shape index (κ1) is 17.3. The highest BCUT2D eigenvalue weighted by molar-refractivity contribution is 4.99. The Balaban J connectivity index is 2.13. The van der Waals surface area contributed by atoms with Crippen molar-refractivity contribution in [3.05, 3.63) is 0 Å². The highest BCUT2D eigenvalue weighted by atomic mass is 16.5. The summed E-state index contributed by atoms with van der Waals surface area (Å²) in [5.41, 5.74) is 0.150. The van der Waals surface area contributed by atoms with Gasteiger partial charge < -0.3 is 9.84 Å². The maximum atomic E-state index is 11.2. The van der Waals surface area contributed by atoms with Crippen molar-refractivity contribution in [3.8, 4) is 0 Å². The average Bonchev–Trinajstić information content (AvgIpc) is 2.49. The molecule has 1 N–H and O–H groups in total. The smallest absolute Gasteiger partial charge is 0.0943 e. The summed E-state index contributed by atoms with van der Waals surface area (Å²) < 4.78 is 6.22. The van der Waals surface area contributed by atoms with Crippen LogP contribution in [0.2, 0.25) is 0 Å². The molecule has 0 saturated heterocycles. The molecule has 2 aliphatic rings. The molecule has 124 valence electrons. The van der Waals surface area contributed by atoms with E-state index in [1.54, 1.807) is 0 Å². The van der Waals surface area contributed by atoms with Crippen molar-refractivity contribution < 1.29 is 9.84 Å². The lowest BCUT2D eigenvalue weighted by molar-refractivity contribution is -0.177. The van der Waals surface area contributed by atoms with E-state index in [0.717, 1.165) is 19.4 Å². The first-order valence-corrected chi connectivity index (χ1v) is 9.26. The van der Waals surface area contributed by atoms with Crippen molar-refractivity contribution in [2.75, 3.05) is 6.61 Å². The number of hydrogen-bond acceptors (Lipinski definition) is 2. The van der Waals surface area contributed by atoms with Gasteiger partial charge in [-0.3, -0.25) is 0 Å². The predicted octanol–water partition coefficient (Wildman–Crippen LogP) is 4.94. The van der Waals surface area contributed by atoms with Gasteiger partial charge in [0.05, 0.1) is 11.7 Å². The summed E-state index contributed by atoms with van der Waals surface area (Å²) >= 11 is 0. The van der Waals surface area contributed by atoms with E-state index in [1.165, 1.54) is 44.9 Å². The largest absolute Gasteiger partial charge is 0.390 e. The Bertz CT molecular complexity index is 314. The second kappa shape index (κ2) is 7.00. The van der Waals surface area contributed by atoms with Gasteiger partial charge in [-0.25, -0.2) is 0 Å². The minimum atomic E-state index is -0.265. The molecule has 0 aromatic rings. The topological polar surface area (TPSA) is 29.5 Å². The second-order valence-electron chi connectivity index (χ2n) is 8.22. The van der Waals surface area contributed by atoms with Gasteiger partial charge in [0.25, 0.3) is 0 Å². The first-order valence-electron chi connectivity index (χ1n) is 9.26. The lowest BCUT2D eigenvalue weighted by Crippen LogP contribution is -2.53. The van der Waals surface area contributed by atoms with Gasteiger partial charge in [-0.2, -0.15) is 0 Å². The fraction of sp³-hybridized carbons (Fsp3) is 1.00. The van der Waals surface area contributed by atoms with Crippen molar-refractivity contribution in [3.63, 3.8) is 0 Å². The Labute approximate surface area is 131 Å². The van der Waals surface area contributed by atoms with E-state index < -0.39 is 0 Å². The fourth-order valence-electron chi connectivity index (χ4n) is 4.71. The molecule has 3 unspecified atom stereocenters. The fourth-order valence-corrected chi connectivity index (χ4v) is 4.71. The van der Waals surface area contributed by atoms with Crippen molar-refractivity contribution in [1.82, 2.24) is 0 Å². The Morgan fingerprint density at radius 3 is 2.24 bits per heavy atom. The molecule has 3 atom stereocenters. The highest BCUT2D eigenvalue weighted by Crippen LogP contribution is 2.48. The van der Waals surface area contributed by atoms with E-state index >= 15 is 0 Å². The highest BCUT2D eigenvalue weighted by Gasteiger charge is 2.48. The molecule has 0 heterocycles. The van der Waals surface area contributed by atoms with Gasteiger partial charge in [-0.1, -0.05) is 46.5 Å². The predicted molar refractivity (Wildman–Crippen MR) is 88.4 cm³/mol. The number of ether oxygens (including phenoxy) is 1. The van der Waals surface area contributed by atoms with Crippen molar-refractivity contribution in [1.29, 1.82) is 0 Å². The zero-order valence-electron chi connectivity index (χ0n) is 14.7. The molecule has 0 aromatic heterocycles. The van der Waals surface area contributed by atoms with Crippen LogP contribution < -0.4 is 0 Å². The van der Waals surface area contributed by atoms with E-state index in [-0.39, 0.29) is 11.7 Å². The Morgan fingerprint density at radius 2 is 1.67 bits per heavy atom. The van der Waals surface area contributed by atoms with Crippen molar-refractivity contribution in [2.45, 2.75) is 97.2 Å². The van der Waals surface area contributed by atoms with Gasteiger partial charge in [-0.05, 0) is 56.3 Å². The second-order valence-corrected chi connectivity index (χ2v) is 8.22. The standard InChI is InChI=1S/C19H36O2/c1-5-15-9-7-8-10-16(15)17(20)19(21-6-2)13-11-18(3,4)12-14-19/h15-17,20H,5-14H2,1-4H3. The minimum Gasteiger partial charge on any atom is -0.390 e. The zero-order chi connectivity index (χ0) is 15.5. The van der Waals surface area contributed by atoms with Gasteiger partial charge in [0.2, 0.25) is 0 Å². The normalized spacial score (nSPS) is 33.6. The number of aliphatic hydroxyl groups excluding tert-OH is 1. The quantitative estimate of drug-likeness (QED) is 0.778. The van der Waals surface area contributed by atoms with Gasteiger partial charge in [0, 0.05) is 6.61 Å². The van der Waals surface area contributed by atoms with Crippen LogP contribution in [0.25, 0.3) is 0 Å². The van der Waals surface area contributed by atoms with Crippen molar-refractivity contribution >= 4 is 0 Å². The summed E-state index contributed by atoms with van der Waals surface area (Å²) in [5, 5.41) is 11.2. The molecule has 0 radical (unpaired) electrons. The van der Waals surface area contributed by atoms with E-state index in [4.69, 9.17) is 4.74 Å². The van der Waals surface area contributed by atoms with Crippen LogP contribution in [0.1, 0.15) is 85.5 Å². The molecule has 0 bridgehead atoms. The molecule has 2 rings (SSSR count). The van der Waals surface area contributed by atoms with Crippen LogP contribution in [0, 0.1) is 17.3 Å². The molecule has 2 heteroatoms. The third-order valence-corrected chi connectivity index (χ3v) is 6.32. The molecule has 2 saturated carbocycles. The third-order valence-electron chi connectivity index (χ3n) is 6.32. The molecule has 0 spiro atoms. The Morgan fingerprint density at radius 1 is 1.05 bits per heavy atom. The number of aliphatic hydroxyl groups is 1. The number of hydrogen-bond donors (Lipinski definition) is 1. The molecule has 2 fully saturated rings. The van der Waals surface area contributed by atoms with E-state index in [2.05, 4.69) is 27.7 Å². The SMILES string of the molecule is CCOC1(C(O)C2CCCCC2CC)CCC(C)(C)CC1. The summed E-state index contributed by atoms with van der Waals surface area (Å²) in [5.74, 6) is 1.15. The van der Waals surface area contributed by atoms with Crippen molar-refractivity contribution in [2.24, 2.45) is 17.3 Å². The average molecular weight is 296 g/mol. The van der Waals surface area contributed by atoms with Gasteiger partial charge >= 0.3 is 0 Å². The van der Waals surface area contributed by atoms with E-state index in [0.29, 0.717) is 17.3 Å². The van der Waals surface area contributed by atoms with Crippen LogP contribution in [0.15, 0.2) is 0 Å². The molecule has 0 amide bonds. The van der Waals surface area contributed by atoms with Gasteiger partial charge in [0.15, 0.2) is 0 Å². The van der Waals surface area contributed by atoms with Gasteiger partial charge in [0.1, 0.15) is 0 Å². The lowest BCUT2D eigenvalue weighted by Gasteiger charge is -2.49. The summed E-state index contributed by atoms with van der Waals surface area (Å²) in [6.07, 6.45) is 10.5. The Hall–Kier alpha value is -0.0800. The van der Waals surface area contributed by atoms with Gasteiger partial charge in [-0.15, -0.1) is 0 Å². The van der Waals surface area contributed by atoms with E-state index in [1.807, 2.05) is 0 Å². The Kier molecular flexibility index (Phi) is 5.76. The monoisotopic (exact) mass is 296 g/mol. The number of rotatable bonds is 5. The molecular weight excluding hydrogens is 260 g/mol. The van der Waals surface area contributed by atoms with Crippen LogP contribution in [-0.4, -0.2) is 23.4 Å². The van der Waals surface area contributed by atoms with Crippen LogP contribution in [0.5, 0.6) is 0 Å². The van der Waals surface area contributed by atoms with Crippen LogP contribution in [0.3, 0.4) is 0 Å². The molecule has 2 aliphatic carbocycles.